The first kappa shape index (κ1) is 15.5. The van der Waals surface area contributed by atoms with Gasteiger partial charge in [-0.25, -0.2) is 0 Å². The van der Waals surface area contributed by atoms with E-state index in [0.29, 0.717) is 13.2 Å². The van der Waals surface area contributed by atoms with E-state index in [4.69, 9.17) is 9.26 Å². The molecular formula is C16H23N3O2. The molecule has 1 N–H and O–H groups in total. The van der Waals surface area contributed by atoms with E-state index in [0.717, 1.165) is 30.3 Å². The van der Waals surface area contributed by atoms with Gasteiger partial charge in [-0.05, 0) is 38.7 Å². The highest BCUT2D eigenvalue weighted by Crippen LogP contribution is 2.12. The fourth-order valence-corrected chi connectivity index (χ4v) is 1.89. The Morgan fingerprint density at radius 1 is 1.19 bits per heavy atom. The van der Waals surface area contributed by atoms with Crippen molar-refractivity contribution in [3.8, 4) is 5.75 Å². The van der Waals surface area contributed by atoms with Gasteiger partial charge in [-0.15, -0.1) is 0 Å². The number of aromatic nitrogens is 1. The molecule has 0 amide bonds. The van der Waals surface area contributed by atoms with Gasteiger partial charge in [-0.1, -0.05) is 17.3 Å². The molecule has 21 heavy (non-hydrogen) atoms. The third-order valence-electron chi connectivity index (χ3n) is 3.04. The summed E-state index contributed by atoms with van der Waals surface area (Å²) in [5.74, 6) is 1.75. The molecule has 5 nitrogen and oxygen atoms in total. The average Bonchev–Trinajstić information content (AvgIpc) is 2.86. The van der Waals surface area contributed by atoms with E-state index >= 15 is 0 Å². The molecule has 0 saturated heterocycles. The van der Waals surface area contributed by atoms with E-state index in [-0.39, 0.29) is 0 Å². The van der Waals surface area contributed by atoms with Gasteiger partial charge in [0.2, 0.25) is 0 Å². The maximum absolute atomic E-state index is 5.66. The van der Waals surface area contributed by atoms with Crippen molar-refractivity contribution in [1.82, 2.24) is 15.4 Å². The van der Waals surface area contributed by atoms with Gasteiger partial charge in [0.15, 0.2) is 0 Å². The Kier molecular flexibility index (Phi) is 5.78. The molecule has 1 heterocycles. The lowest BCUT2D eigenvalue weighted by Crippen LogP contribution is -2.19. The molecule has 2 aromatic rings. The van der Waals surface area contributed by atoms with E-state index < -0.39 is 0 Å². The Morgan fingerprint density at radius 3 is 2.57 bits per heavy atom. The fraction of sp³-hybridized carbons (Fsp3) is 0.438. The highest BCUT2D eigenvalue weighted by Gasteiger charge is 2.00. The molecule has 0 unspecified atom stereocenters. The molecule has 5 heteroatoms. The Bertz CT molecular complexity index is 535. The Labute approximate surface area is 125 Å². The van der Waals surface area contributed by atoms with Crippen LogP contribution < -0.4 is 10.1 Å². The minimum atomic E-state index is 0.704. The molecule has 114 valence electrons. The molecular weight excluding hydrogens is 266 g/mol. The van der Waals surface area contributed by atoms with Gasteiger partial charge in [0.05, 0.1) is 5.69 Å². The van der Waals surface area contributed by atoms with Crippen LogP contribution >= 0.6 is 0 Å². The lowest BCUT2D eigenvalue weighted by atomic mass is 10.2. The van der Waals surface area contributed by atoms with Crippen LogP contribution in [-0.2, 0) is 13.1 Å². The molecule has 0 spiro atoms. The largest absolute Gasteiger partial charge is 0.492 e. The average molecular weight is 289 g/mol. The van der Waals surface area contributed by atoms with Gasteiger partial charge in [0.1, 0.15) is 18.1 Å². The molecule has 0 saturated carbocycles. The molecule has 1 aromatic carbocycles. The standard InChI is InChI=1S/C16H23N3O2/c1-13-10-15(18-21-13)12-17-11-14-4-6-16(7-5-14)20-9-8-19(2)3/h4-7,10,17H,8-9,11-12H2,1-3H3. The molecule has 1 aromatic heterocycles. The summed E-state index contributed by atoms with van der Waals surface area (Å²) in [5.41, 5.74) is 2.14. The van der Waals surface area contributed by atoms with E-state index in [9.17, 15) is 0 Å². The van der Waals surface area contributed by atoms with Crippen LogP contribution in [0.3, 0.4) is 0 Å². The number of benzene rings is 1. The predicted octanol–water partition coefficient (Wildman–Crippen LogP) is 2.21. The third-order valence-corrected chi connectivity index (χ3v) is 3.04. The van der Waals surface area contributed by atoms with Gasteiger partial charge >= 0.3 is 0 Å². The van der Waals surface area contributed by atoms with Crippen LogP contribution in [-0.4, -0.2) is 37.3 Å². The zero-order valence-corrected chi connectivity index (χ0v) is 12.9. The van der Waals surface area contributed by atoms with Crippen molar-refractivity contribution in [2.45, 2.75) is 20.0 Å². The van der Waals surface area contributed by atoms with E-state index in [1.165, 1.54) is 5.56 Å². The minimum absolute atomic E-state index is 0.704. The van der Waals surface area contributed by atoms with Crippen LogP contribution in [0.2, 0.25) is 0 Å². The number of ether oxygens (including phenoxy) is 1. The van der Waals surface area contributed by atoms with E-state index in [1.54, 1.807) is 0 Å². The zero-order chi connectivity index (χ0) is 15.1. The van der Waals surface area contributed by atoms with Crippen molar-refractivity contribution in [3.63, 3.8) is 0 Å². The normalized spacial score (nSPS) is 11.0. The number of nitrogens with zero attached hydrogens (tertiary/aromatic N) is 2. The number of likely N-dealkylation sites (N-methyl/N-ethyl adjacent to an activating group) is 1. The quantitative estimate of drug-likeness (QED) is 0.807. The number of nitrogens with one attached hydrogen (secondary N) is 1. The SMILES string of the molecule is Cc1cc(CNCc2ccc(OCCN(C)C)cc2)no1. The number of aryl methyl sites for hydroxylation is 1. The smallest absolute Gasteiger partial charge is 0.133 e. The molecule has 0 bridgehead atoms. The van der Waals surface area contributed by atoms with E-state index in [2.05, 4.69) is 27.5 Å². The second-order valence-corrected chi connectivity index (χ2v) is 5.33. The summed E-state index contributed by atoms with van der Waals surface area (Å²) in [7, 11) is 4.07. The van der Waals surface area contributed by atoms with Crippen molar-refractivity contribution >= 4 is 0 Å². The van der Waals surface area contributed by atoms with Crippen molar-refractivity contribution in [1.29, 1.82) is 0 Å². The first-order valence-electron chi connectivity index (χ1n) is 7.13. The first-order chi connectivity index (χ1) is 10.1. The van der Waals surface area contributed by atoms with Gasteiger partial charge in [-0.3, -0.25) is 0 Å². The van der Waals surface area contributed by atoms with Gasteiger partial charge in [-0.2, -0.15) is 0 Å². The van der Waals surface area contributed by atoms with Crippen LogP contribution in [0.5, 0.6) is 5.75 Å². The lowest BCUT2D eigenvalue weighted by Gasteiger charge is -2.11. The molecule has 0 aliphatic rings. The Hall–Kier alpha value is -1.85. The van der Waals surface area contributed by atoms with Crippen LogP contribution in [0, 0.1) is 6.92 Å². The van der Waals surface area contributed by atoms with Crippen molar-refractivity contribution < 1.29 is 9.26 Å². The fourth-order valence-electron chi connectivity index (χ4n) is 1.89. The number of hydrogen-bond donors (Lipinski definition) is 1. The Morgan fingerprint density at radius 2 is 1.95 bits per heavy atom. The topological polar surface area (TPSA) is 50.5 Å². The third kappa shape index (κ3) is 5.57. The molecule has 0 atom stereocenters. The monoisotopic (exact) mass is 289 g/mol. The van der Waals surface area contributed by atoms with Gasteiger partial charge in [0, 0.05) is 25.7 Å². The van der Waals surface area contributed by atoms with Crippen molar-refractivity contribution in [2.24, 2.45) is 0 Å². The molecule has 2 rings (SSSR count). The maximum atomic E-state index is 5.66. The number of rotatable bonds is 8. The highest BCUT2D eigenvalue weighted by atomic mass is 16.5. The summed E-state index contributed by atoms with van der Waals surface area (Å²) >= 11 is 0. The first-order valence-corrected chi connectivity index (χ1v) is 7.13. The predicted molar refractivity (Wildman–Crippen MR) is 82.3 cm³/mol. The van der Waals surface area contributed by atoms with Crippen molar-refractivity contribution in [3.05, 3.63) is 47.3 Å². The zero-order valence-electron chi connectivity index (χ0n) is 12.9. The van der Waals surface area contributed by atoms with E-state index in [1.807, 2.05) is 39.2 Å². The van der Waals surface area contributed by atoms with Crippen LogP contribution in [0.15, 0.2) is 34.9 Å². The van der Waals surface area contributed by atoms with Gasteiger partial charge in [0.25, 0.3) is 0 Å². The summed E-state index contributed by atoms with van der Waals surface area (Å²) in [5, 5.41) is 7.29. The molecule has 0 radical (unpaired) electrons. The van der Waals surface area contributed by atoms with Gasteiger partial charge < -0.3 is 19.5 Å². The molecule has 0 aliphatic heterocycles. The maximum Gasteiger partial charge on any atom is 0.133 e. The van der Waals surface area contributed by atoms with Crippen LogP contribution in [0.25, 0.3) is 0 Å². The second kappa shape index (κ2) is 7.81. The summed E-state index contributed by atoms with van der Waals surface area (Å²) in [4.78, 5) is 2.10. The minimum Gasteiger partial charge on any atom is -0.492 e. The van der Waals surface area contributed by atoms with Crippen LogP contribution in [0.4, 0.5) is 0 Å². The molecule has 0 fully saturated rings. The highest BCUT2D eigenvalue weighted by molar-refractivity contribution is 5.27. The molecule has 0 aliphatic carbocycles. The summed E-state index contributed by atoms with van der Waals surface area (Å²) in [6.45, 7) is 5.02. The Balaban J connectivity index is 1.72. The second-order valence-electron chi connectivity index (χ2n) is 5.33. The van der Waals surface area contributed by atoms with Crippen molar-refractivity contribution in [2.75, 3.05) is 27.2 Å². The summed E-state index contributed by atoms with van der Waals surface area (Å²) < 4.78 is 10.7. The number of hydrogen-bond acceptors (Lipinski definition) is 5. The van der Waals surface area contributed by atoms with Crippen LogP contribution in [0.1, 0.15) is 17.0 Å². The summed E-state index contributed by atoms with van der Waals surface area (Å²) in [6.07, 6.45) is 0. The summed E-state index contributed by atoms with van der Waals surface area (Å²) in [6, 6.07) is 10.1. The lowest BCUT2D eigenvalue weighted by molar-refractivity contribution is 0.261.